The highest BCUT2D eigenvalue weighted by Gasteiger charge is 2.08. The van der Waals surface area contributed by atoms with Crippen LogP contribution < -0.4 is 10.2 Å². The standard InChI is InChI=1S/C17H24N2O2/c1-2-21-16-12-10-14(11-13-16)17(20)19-18-15-8-6-4-3-5-7-9-15/h10-13H,2-9H2,1H3,(H,19,20). The van der Waals surface area contributed by atoms with Crippen molar-refractivity contribution in [3.63, 3.8) is 0 Å². The average Bonchev–Trinajstić information content (AvgIpc) is 2.47. The molecule has 1 amide bonds. The van der Waals surface area contributed by atoms with E-state index in [1.807, 2.05) is 6.92 Å². The second-order valence-electron chi connectivity index (χ2n) is 5.34. The lowest BCUT2D eigenvalue weighted by atomic mass is 9.99. The predicted octanol–water partition coefficient (Wildman–Crippen LogP) is 3.92. The van der Waals surface area contributed by atoms with Crippen LogP contribution in [0.25, 0.3) is 0 Å². The number of nitrogens with one attached hydrogen (secondary N) is 1. The number of amides is 1. The van der Waals surface area contributed by atoms with Gasteiger partial charge in [0.05, 0.1) is 6.61 Å². The largest absolute Gasteiger partial charge is 0.494 e. The van der Waals surface area contributed by atoms with Gasteiger partial charge in [-0.3, -0.25) is 4.79 Å². The minimum Gasteiger partial charge on any atom is -0.494 e. The summed E-state index contributed by atoms with van der Waals surface area (Å²) in [7, 11) is 0. The van der Waals surface area contributed by atoms with E-state index in [1.54, 1.807) is 24.3 Å². The van der Waals surface area contributed by atoms with E-state index in [1.165, 1.54) is 32.1 Å². The van der Waals surface area contributed by atoms with E-state index in [4.69, 9.17) is 4.74 Å². The number of benzene rings is 1. The maximum absolute atomic E-state index is 12.1. The monoisotopic (exact) mass is 288 g/mol. The van der Waals surface area contributed by atoms with Crippen LogP contribution in [0.1, 0.15) is 62.2 Å². The number of ether oxygens (including phenoxy) is 1. The predicted molar refractivity (Wildman–Crippen MR) is 84.8 cm³/mol. The van der Waals surface area contributed by atoms with Crippen molar-refractivity contribution in [3.8, 4) is 5.75 Å². The second kappa shape index (κ2) is 8.45. The number of rotatable bonds is 4. The molecule has 1 fully saturated rings. The first kappa shape index (κ1) is 15.5. The molecule has 1 aliphatic carbocycles. The van der Waals surface area contributed by atoms with Crippen molar-refractivity contribution < 1.29 is 9.53 Å². The molecule has 4 heteroatoms. The van der Waals surface area contributed by atoms with Crippen molar-refractivity contribution in [1.82, 2.24) is 5.43 Å². The number of hydrogen-bond donors (Lipinski definition) is 1. The van der Waals surface area contributed by atoms with E-state index in [-0.39, 0.29) is 5.91 Å². The number of hydrazone groups is 1. The molecule has 0 atom stereocenters. The van der Waals surface area contributed by atoms with Gasteiger partial charge in [0.15, 0.2) is 0 Å². The molecule has 21 heavy (non-hydrogen) atoms. The summed E-state index contributed by atoms with van der Waals surface area (Å²) in [6.45, 7) is 2.56. The van der Waals surface area contributed by atoms with E-state index >= 15 is 0 Å². The van der Waals surface area contributed by atoms with Crippen molar-refractivity contribution in [2.24, 2.45) is 5.10 Å². The molecule has 0 aromatic heterocycles. The summed E-state index contributed by atoms with van der Waals surface area (Å²) in [4.78, 5) is 12.1. The Hall–Kier alpha value is -1.84. The first-order chi connectivity index (χ1) is 10.3. The van der Waals surface area contributed by atoms with Crippen LogP contribution in [-0.2, 0) is 0 Å². The summed E-state index contributed by atoms with van der Waals surface area (Å²) in [5.74, 6) is 0.619. The Morgan fingerprint density at radius 3 is 2.33 bits per heavy atom. The van der Waals surface area contributed by atoms with Crippen LogP contribution in [0.4, 0.5) is 0 Å². The van der Waals surface area contributed by atoms with E-state index in [0.717, 1.165) is 24.3 Å². The Morgan fingerprint density at radius 2 is 1.71 bits per heavy atom. The Kier molecular flexibility index (Phi) is 6.25. The lowest BCUT2D eigenvalue weighted by molar-refractivity contribution is 0.0954. The highest BCUT2D eigenvalue weighted by atomic mass is 16.5. The van der Waals surface area contributed by atoms with E-state index < -0.39 is 0 Å². The molecule has 1 aromatic rings. The fourth-order valence-electron chi connectivity index (χ4n) is 2.49. The van der Waals surface area contributed by atoms with Gasteiger partial charge in [0, 0.05) is 11.3 Å². The molecular formula is C17H24N2O2. The molecule has 1 saturated carbocycles. The third-order valence-electron chi connectivity index (χ3n) is 3.67. The second-order valence-corrected chi connectivity index (χ2v) is 5.34. The van der Waals surface area contributed by atoms with Gasteiger partial charge in [-0.1, -0.05) is 19.3 Å². The fraction of sp³-hybridized carbons (Fsp3) is 0.529. The van der Waals surface area contributed by atoms with Gasteiger partial charge in [0.2, 0.25) is 0 Å². The first-order valence-corrected chi connectivity index (χ1v) is 7.88. The minimum absolute atomic E-state index is 0.160. The maximum atomic E-state index is 12.1. The summed E-state index contributed by atoms with van der Waals surface area (Å²) >= 11 is 0. The molecule has 0 saturated heterocycles. The van der Waals surface area contributed by atoms with Gasteiger partial charge in [0.25, 0.3) is 5.91 Å². The van der Waals surface area contributed by atoms with Crippen LogP contribution >= 0.6 is 0 Å². The van der Waals surface area contributed by atoms with Gasteiger partial charge in [-0.15, -0.1) is 0 Å². The smallest absolute Gasteiger partial charge is 0.271 e. The maximum Gasteiger partial charge on any atom is 0.271 e. The average molecular weight is 288 g/mol. The highest BCUT2D eigenvalue weighted by Crippen LogP contribution is 2.15. The van der Waals surface area contributed by atoms with Gasteiger partial charge >= 0.3 is 0 Å². The molecule has 4 nitrogen and oxygen atoms in total. The molecule has 0 radical (unpaired) electrons. The van der Waals surface area contributed by atoms with Crippen molar-refractivity contribution in [2.45, 2.75) is 51.9 Å². The lowest BCUT2D eigenvalue weighted by Gasteiger charge is -2.11. The van der Waals surface area contributed by atoms with Crippen molar-refractivity contribution >= 4 is 11.6 Å². The molecule has 2 rings (SSSR count). The van der Waals surface area contributed by atoms with Crippen LogP contribution in [-0.4, -0.2) is 18.2 Å². The van der Waals surface area contributed by atoms with Gasteiger partial charge in [0.1, 0.15) is 5.75 Å². The summed E-state index contributed by atoms with van der Waals surface area (Å²) in [6, 6.07) is 7.14. The number of carbonyl (C=O) groups is 1. The van der Waals surface area contributed by atoms with Gasteiger partial charge < -0.3 is 4.74 Å². The molecule has 0 bridgehead atoms. The third kappa shape index (κ3) is 5.21. The van der Waals surface area contributed by atoms with Crippen molar-refractivity contribution in [1.29, 1.82) is 0 Å². The number of nitrogens with zero attached hydrogens (tertiary/aromatic N) is 1. The van der Waals surface area contributed by atoms with E-state index in [2.05, 4.69) is 10.5 Å². The van der Waals surface area contributed by atoms with Crippen LogP contribution in [0.5, 0.6) is 5.75 Å². The van der Waals surface area contributed by atoms with Crippen LogP contribution in [0.15, 0.2) is 29.4 Å². The zero-order chi connectivity index (χ0) is 14.9. The van der Waals surface area contributed by atoms with Crippen molar-refractivity contribution in [2.75, 3.05) is 6.61 Å². The van der Waals surface area contributed by atoms with Gasteiger partial charge in [-0.05, 0) is 56.9 Å². The molecular weight excluding hydrogens is 264 g/mol. The fourth-order valence-corrected chi connectivity index (χ4v) is 2.49. The Labute approximate surface area is 126 Å². The van der Waals surface area contributed by atoms with Gasteiger partial charge in [-0.25, -0.2) is 5.43 Å². The molecule has 0 heterocycles. The number of hydrogen-bond acceptors (Lipinski definition) is 3. The normalized spacial score (nSPS) is 15.8. The Balaban J connectivity index is 1.90. The first-order valence-electron chi connectivity index (χ1n) is 7.88. The third-order valence-corrected chi connectivity index (χ3v) is 3.67. The van der Waals surface area contributed by atoms with Crippen LogP contribution in [0.3, 0.4) is 0 Å². The Bertz CT molecular complexity index is 470. The molecule has 1 aliphatic rings. The summed E-state index contributed by atoms with van der Waals surface area (Å²) in [5.41, 5.74) is 4.40. The highest BCUT2D eigenvalue weighted by molar-refractivity contribution is 5.95. The number of carbonyl (C=O) groups excluding carboxylic acids is 1. The van der Waals surface area contributed by atoms with Crippen LogP contribution in [0.2, 0.25) is 0 Å². The molecule has 0 aliphatic heterocycles. The summed E-state index contributed by atoms with van der Waals surface area (Å²) < 4.78 is 5.36. The quantitative estimate of drug-likeness (QED) is 0.854. The minimum atomic E-state index is -0.160. The topological polar surface area (TPSA) is 50.7 Å². The zero-order valence-corrected chi connectivity index (χ0v) is 12.7. The molecule has 114 valence electrons. The van der Waals surface area contributed by atoms with E-state index in [9.17, 15) is 4.79 Å². The Morgan fingerprint density at radius 1 is 1.10 bits per heavy atom. The molecule has 1 aromatic carbocycles. The SMILES string of the molecule is CCOc1ccc(C(=O)NN=C2CCCCCCC2)cc1. The molecule has 1 N–H and O–H groups in total. The molecule has 0 spiro atoms. The van der Waals surface area contributed by atoms with Crippen molar-refractivity contribution in [3.05, 3.63) is 29.8 Å². The summed E-state index contributed by atoms with van der Waals surface area (Å²) in [5, 5.41) is 4.31. The van der Waals surface area contributed by atoms with Gasteiger partial charge in [-0.2, -0.15) is 5.10 Å². The lowest BCUT2D eigenvalue weighted by Crippen LogP contribution is -2.20. The zero-order valence-electron chi connectivity index (χ0n) is 12.7. The molecule has 0 unspecified atom stereocenters. The van der Waals surface area contributed by atoms with E-state index in [0.29, 0.717) is 12.2 Å². The van der Waals surface area contributed by atoms with Crippen LogP contribution in [0, 0.1) is 0 Å². The summed E-state index contributed by atoms with van der Waals surface area (Å²) in [6.07, 6.45) is 8.23.